The van der Waals surface area contributed by atoms with E-state index in [2.05, 4.69) is 40.8 Å². The van der Waals surface area contributed by atoms with Gasteiger partial charge in [-0.25, -0.2) is 0 Å². The van der Waals surface area contributed by atoms with Crippen LogP contribution in [0.2, 0.25) is 0 Å². The van der Waals surface area contributed by atoms with Crippen LogP contribution < -0.4 is 14.8 Å². The summed E-state index contributed by atoms with van der Waals surface area (Å²) in [7, 11) is 0. The average molecular weight is 338 g/mol. The van der Waals surface area contributed by atoms with Gasteiger partial charge in [0.2, 0.25) is 0 Å². The van der Waals surface area contributed by atoms with Crippen LogP contribution in [-0.4, -0.2) is 31.0 Å². The van der Waals surface area contributed by atoms with Gasteiger partial charge in [-0.05, 0) is 43.5 Å². The minimum Gasteiger partial charge on any atom is -0.486 e. The predicted molar refractivity (Wildman–Crippen MR) is 96.2 cm³/mol. The summed E-state index contributed by atoms with van der Waals surface area (Å²) < 4.78 is 16.9. The first-order chi connectivity index (χ1) is 12.4. The lowest BCUT2D eigenvalue weighted by Gasteiger charge is -2.27. The molecule has 4 rings (SSSR count). The van der Waals surface area contributed by atoms with Crippen LogP contribution in [0.25, 0.3) is 10.9 Å². The molecule has 0 radical (unpaired) electrons. The average Bonchev–Trinajstić information content (AvgIpc) is 3.14. The molecule has 0 spiro atoms. The Bertz CT molecular complexity index is 816. The molecule has 5 nitrogen and oxygen atoms in total. The van der Waals surface area contributed by atoms with Crippen molar-refractivity contribution in [1.82, 2.24) is 10.5 Å². The number of ether oxygens (including phenoxy) is 2. The number of rotatable bonds is 7. The molecule has 0 bridgehead atoms. The van der Waals surface area contributed by atoms with E-state index in [-0.39, 0.29) is 6.10 Å². The fourth-order valence-corrected chi connectivity index (χ4v) is 3.10. The van der Waals surface area contributed by atoms with Crippen molar-refractivity contribution < 1.29 is 14.0 Å². The summed E-state index contributed by atoms with van der Waals surface area (Å²) in [6.45, 7) is 2.31. The van der Waals surface area contributed by atoms with E-state index in [9.17, 15) is 0 Å². The second-order valence-corrected chi connectivity index (χ2v) is 6.34. The molecule has 0 aliphatic carbocycles. The van der Waals surface area contributed by atoms with E-state index in [1.54, 1.807) is 6.26 Å². The van der Waals surface area contributed by atoms with Gasteiger partial charge < -0.3 is 19.3 Å². The van der Waals surface area contributed by atoms with Gasteiger partial charge in [0.15, 0.2) is 11.5 Å². The Balaban J connectivity index is 1.21. The Hall–Kier alpha value is -2.53. The number of hydrogen-bond acceptors (Lipinski definition) is 5. The third-order valence-electron chi connectivity index (χ3n) is 4.45. The van der Waals surface area contributed by atoms with Crippen LogP contribution in [0.15, 0.2) is 53.3 Å². The zero-order valence-corrected chi connectivity index (χ0v) is 14.1. The molecular weight excluding hydrogens is 316 g/mol. The van der Waals surface area contributed by atoms with Gasteiger partial charge >= 0.3 is 0 Å². The standard InChI is InChI=1S/C20H22N2O3/c1-2-6-15(7-3-1)8-4-5-11-21-12-16-13-23-19-10-9-18-17(14-24-22-18)20(19)25-16/h1-3,6-7,9-10,14,16,21H,4-5,8,11-13H2. The Morgan fingerprint density at radius 3 is 2.92 bits per heavy atom. The first-order valence-electron chi connectivity index (χ1n) is 8.81. The van der Waals surface area contributed by atoms with E-state index in [0.717, 1.165) is 48.3 Å². The summed E-state index contributed by atoms with van der Waals surface area (Å²) >= 11 is 0. The van der Waals surface area contributed by atoms with E-state index in [1.165, 1.54) is 12.0 Å². The zero-order chi connectivity index (χ0) is 16.9. The molecule has 1 atom stereocenters. The van der Waals surface area contributed by atoms with Crippen LogP contribution in [0.1, 0.15) is 18.4 Å². The number of nitrogens with one attached hydrogen (secondary N) is 1. The fraction of sp³-hybridized carbons (Fsp3) is 0.350. The quantitative estimate of drug-likeness (QED) is 0.667. The highest BCUT2D eigenvalue weighted by molar-refractivity contribution is 5.87. The van der Waals surface area contributed by atoms with Gasteiger partial charge in [0.25, 0.3) is 0 Å². The lowest BCUT2D eigenvalue weighted by molar-refractivity contribution is 0.0925. The third kappa shape index (κ3) is 3.77. The van der Waals surface area contributed by atoms with Crippen molar-refractivity contribution in [2.24, 2.45) is 0 Å². The van der Waals surface area contributed by atoms with Crippen molar-refractivity contribution in [3.05, 3.63) is 54.3 Å². The van der Waals surface area contributed by atoms with Gasteiger partial charge in [-0.1, -0.05) is 35.5 Å². The topological polar surface area (TPSA) is 56.5 Å². The number of aromatic nitrogens is 1. The van der Waals surface area contributed by atoms with Gasteiger partial charge in [-0.15, -0.1) is 0 Å². The maximum absolute atomic E-state index is 6.09. The summed E-state index contributed by atoms with van der Waals surface area (Å²) in [5.41, 5.74) is 2.19. The minimum absolute atomic E-state index is 0.00197. The Morgan fingerprint density at radius 1 is 1.08 bits per heavy atom. The predicted octanol–water partition coefficient (Wildman–Crippen LogP) is 3.58. The van der Waals surface area contributed by atoms with Gasteiger partial charge in [-0.3, -0.25) is 0 Å². The molecule has 0 saturated heterocycles. The van der Waals surface area contributed by atoms with E-state index in [4.69, 9.17) is 14.0 Å². The van der Waals surface area contributed by atoms with Gasteiger partial charge in [0.05, 0.1) is 5.39 Å². The van der Waals surface area contributed by atoms with E-state index >= 15 is 0 Å². The second-order valence-electron chi connectivity index (χ2n) is 6.34. The van der Waals surface area contributed by atoms with E-state index in [1.807, 2.05) is 12.1 Å². The van der Waals surface area contributed by atoms with Crippen molar-refractivity contribution in [2.75, 3.05) is 19.7 Å². The number of benzene rings is 2. The van der Waals surface area contributed by atoms with Crippen molar-refractivity contribution in [1.29, 1.82) is 0 Å². The van der Waals surface area contributed by atoms with E-state index in [0.29, 0.717) is 6.61 Å². The molecule has 130 valence electrons. The molecule has 1 aromatic heterocycles. The van der Waals surface area contributed by atoms with Crippen molar-refractivity contribution in [3.63, 3.8) is 0 Å². The summed E-state index contributed by atoms with van der Waals surface area (Å²) in [5.74, 6) is 1.50. The maximum atomic E-state index is 6.09. The van der Waals surface area contributed by atoms with Crippen LogP contribution >= 0.6 is 0 Å². The zero-order valence-electron chi connectivity index (χ0n) is 14.1. The molecule has 0 fully saturated rings. The lowest BCUT2D eigenvalue weighted by Crippen LogP contribution is -2.38. The first-order valence-corrected chi connectivity index (χ1v) is 8.81. The van der Waals surface area contributed by atoms with Crippen molar-refractivity contribution >= 4 is 10.9 Å². The van der Waals surface area contributed by atoms with Crippen molar-refractivity contribution in [2.45, 2.75) is 25.4 Å². The third-order valence-corrected chi connectivity index (χ3v) is 4.45. The Morgan fingerprint density at radius 2 is 2.00 bits per heavy atom. The van der Waals surface area contributed by atoms with Crippen LogP contribution in [-0.2, 0) is 6.42 Å². The molecule has 0 saturated carbocycles. The SMILES string of the molecule is c1ccc(CCCCNCC2COc3ccc4nocc4c3O2)cc1. The summed E-state index contributed by atoms with van der Waals surface area (Å²) in [6.07, 6.45) is 5.07. The Labute approximate surface area is 146 Å². The van der Waals surface area contributed by atoms with Gasteiger partial charge in [0, 0.05) is 6.54 Å². The van der Waals surface area contributed by atoms with Crippen LogP contribution in [0, 0.1) is 0 Å². The Kier molecular flexibility index (Phi) is 4.84. The highest BCUT2D eigenvalue weighted by Crippen LogP contribution is 2.38. The fourth-order valence-electron chi connectivity index (χ4n) is 3.10. The molecule has 3 aromatic rings. The largest absolute Gasteiger partial charge is 0.486 e. The van der Waals surface area contributed by atoms with E-state index < -0.39 is 0 Å². The highest BCUT2D eigenvalue weighted by atomic mass is 16.6. The number of hydrogen-bond donors (Lipinski definition) is 1. The molecule has 25 heavy (non-hydrogen) atoms. The molecule has 2 heterocycles. The summed E-state index contributed by atoms with van der Waals surface area (Å²) in [6, 6.07) is 14.4. The van der Waals surface area contributed by atoms with Gasteiger partial charge in [-0.2, -0.15) is 0 Å². The maximum Gasteiger partial charge on any atom is 0.174 e. The molecule has 1 N–H and O–H groups in total. The van der Waals surface area contributed by atoms with Crippen molar-refractivity contribution in [3.8, 4) is 11.5 Å². The highest BCUT2D eigenvalue weighted by Gasteiger charge is 2.23. The summed E-state index contributed by atoms with van der Waals surface area (Å²) in [4.78, 5) is 0. The molecular formula is C20H22N2O3. The van der Waals surface area contributed by atoms with Gasteiger partial charge in [0.1, 0.15) is 24.5 Å². The van der Waals surface area contributed by atoms with Crippen LogP contribution in [0.5, 0.6) is 11.5 Å². The van der Waals surface area contributed by atoms with Crippen LogP contribution in [0.4, 0.5) is 0 Å². The number of aryl methyl sites for hydroxylation is 1. The molecule has 2 aromatic carbocycles. The second kappa shape index (κ2) is 7.57. The molecule has 1 unspecified atom stereocenters. The first kappa shape index (κ1) is 16.0. The monoisotopic (exact) mass is 338 g/mol. The summed E-state index contributed by atoms with van der Waals surface area (Å²) in [5, 5.41) is 8.28. The molecule has 1 aliphatic rings. The molecule has 0 amide bonds. The smallest absolute Gasteiger partial charge is 0.174 e. The minimum atomic E-state index is 0.00197. The van der Waals surface area contributed by atoms with Crippen LogP contribution in [0.3, 0.4) is 0 Å². The normalized spacial score (nSPS) is 16.2. The number of fused-ring (bicyclic) bond motifs is 3. The molecule has 5 heteroatoms. The lowest BCUT2D eigenvalue weighted by atomic mass is 10.1. The number of nitrogens with zero attached hydrogens (tertiary/aromatic N) is 1. The number of unbranched alkanes of at least 4 members (excludes halogenated alkanes) is 1. The molecule has 1 aliphatic heterocycles.